The van der Waals surface area contributed by atoms with Gasteiger partial charge in [-0.15, -0.1) is 0 Å². The number of likely N-dealkylation sites (tertiary alicyclic amines) is 1. The summed E-state index contributed by atoms with van der Waals surface area (Å²) in [5.41, 5.74) is 0. The molecule has 1 heterocycles. The Bertz CT molecular complexity index is 301. The molecule has 0 aromatic heterocycles. The van der Waals surface area contributed by atoms with Crippen LogP contribution < -0.4 is 0 Å². The zero-order chi connectivity index (χ0) is 12.8. The summed E-state index contributed by atoms with van der Waals surface area (Å²) in [5.74, 6) is -0.570. The molecule has 0 spiro atoms. The molecule has 1 rings (SSSR count). The fraction of sp³-hybridized carbons (Fsp3) is 0.727. The van der Waals surface area contributed by atoms with E-state index in [1.807, 2.05) is 0 Å². The smallest absolute Gasteiger partial charge is 0.242 e. The molecule has 0 aromatic carbocycles. The highest BCUT2D eigenvalue weighted by molar-refractivity contribution is 6.01. The Labute approximate surface area is 100 Å². The minimum absolute atomic E-state index is 0.0949. The summed E-state index contributed by atoms with van der Waals surface area (Å²) >= 11 is 0. The van der Waals surface area contributed by atoms with Crippen molar-refractivity contribution in [3.63, 3.8) is 0 Å². The van der Waals surface area contributed by atoms with Crippen LogP contribution in [-0.4, -0.2) is 46.0 Å². The topological polar surface area (TPSA) is 77.9 Å². The van der Waals surface area contributed by atoms with Gasteiger partial charge in [0.15, 0.2) is 0 Å². The molecule has 1 fully saturated rings. The van der Waals surface area contributed by atoms with Gasteiger partial charge in [-0.1, -0.05) is 0 Å². The van der Waals surface area contributed by atoms with E-state index in [9.17, 15) is 14.4 Å². The van der Waals surface area contributed by atoms with E-state index in [0.29, 0.717) is 37.3 Å². The Kier molecular flexibility index (Phi) is 5.09. The number of carbonyl (C=O) groups is 3. The van der Waals surface area contributed by atoms with E-state index in [4.69, 9.17) is 5.21 Å². The number of hydrogen-bond donors (Lipinski definition) is 1. The minimum atomic E-state index is -0.380. The summed E-state index contributed by atoms with van der Waals surface area (Å²) < 4.78 is 0. The molecule has 0 aliphatic carbocycles. The zero-order valence-corrected chi connectivity index (χ0v) is 10.0. The molecule has 0 bridgehead atoms. The zero-order valence-electron chi connectivity index (χ0n) is 10.0. The lowest BCUT2D eigenvalue weighted by Gasteiger charge is -2.14. The Balaban J connectivity index is 2.10. The van der Waals surface area contributed by atoms with Gasteiger partial charge in [0.25, 0.3) is 0 Å². The molecular weight excluding hydrogens is 224 g/mol. The van der Waals surface area contributed by atoms with Crippen molar-refractivity contribution < 1.29 is 19.6 Å². The highest BCUT2D eigenvalue weighted by Gasteiger charge is 2.27. The number of rotatable bonds is 6. The van der Waals surface area contributed by atoms with Crippen LogP contribution in [0, 0.1) is 0 Å². The summed E-state index contributed by atoms with van der Waals surface area (Å²) in [6, 6.07) is 0. The molecule has 6 nitrogen and oxygen atoms in total. The van der Waals surface area contributed by atoms with Gasteiger partial charge in [0.1, 0.15) is 0 Å². The molecular formula is C11H18N2O4. The first-order chi connectivity index (χ1) is 8.02. The average molecular weight is 242 g/mol. The van der Waals surface area contributed by atoms with E-state index in [1.165, 1.54) is 11.8 Å². The second-order valence-electron chi connectivity index (χ2n) is 4.14. The highest BCUT2D eigenvalue weighted by Crippen LogP contribution is 2.12. The van der Waals surface area contributed by atoms with Gasteiger partial charge in [0.05, 0.1) is 0 Å². The lowest BCUT2D eigenvalue weighted by Crippen LogP contribution is -2.30. The summed E-state index contributed by atoms with van der Waals surface area (Å²) in [6.07, 6.45) is 2.79. The van der Waals surface area contributed by atoms with Crippen molar-refractivity contribution in [1.82, 2.24) is 9.96 Å². The largest absolute Gasteiger partial charge is 0.286 e. The Morgan fingerprint density at radius 3 is 2.35 bits per heavy atom. The number of carbonyl (C=O) groups excluding carboxylic acids is 3. The van der Waals surface area contributed by atoms with E-state index < -0.39 is 0 Å². The third-order valence-electron chi connectivity index (χ3n) is 2.77. The second kappa shape index (κ2) is 6.34. The fourth-order valence-corrected chi connectivity index (χ4v) is 1.74. The molecule has 1 aliphatic heterocycles. The molecule has 1 saturated heterocycles. The van der Waals surface area contributed by atoms with E-state index in [0.717, 1.165) is 6.42 Å². The lowest BCUT2D eigenvalue weighted by molar-refractivity contribution is -0.162. The maximum atomic E-state index is 11.3. The van der Waals surface area contributed by atoms with Crippen LogP contribution >= 0.6 is 0 Å². The lowest BCUT2D eigenvalue weighted by atomic mass is 10.2. The summed E-state index contributed by atoms with van der Waals surface area (Å²) in [5, 5.41) is 9.76. The Morgan fingerprint density at radius 1 is 1.24 bits per heavy atom. The molecule has 0 saturated carbocycles. The molecule has 0 unspecified atom stereocenters. The monoisotopic (exact) mass is 242 g/mol. The molecule has 1 N–H and O–H groups in total. The number of imide groups is 1. The van der Waals surface area contributed by atoms with Crippen molar-refractivity contribution in [2.24, 2.45) is 0 Å². The maximum Gasteiger partial charge on any atom is 0.242 e. The summed E-state index contributed by atoms with van der Waals surface area (Å²) in [4.78, 5) is 34.5. The van der Waals surface area contributed by atoms with Crippen molar-refractivity contribution in [2.75, 3.05) is 13.1 Å². The van der Waals surface area contributed by atoms with Gasteiger partial charge in [0, 0.05) is 32.9 Å². The quantitative estimate of drug-likeness (QED) is 0.319. The van der Waals surface area contributed by atoms with Gasteiger partial charge in [0.2, 0.25) is 17.7 Å². The van der Waals surface area contributed by atoms with Gasteiger partial charge in [-0.2, -0.15) is 0 Å². The molecule has 6 heteroatoms. The Morgan fingerprint density at radius 2 is 1.82 bits per heavy atom. The SMILES string of the molecule is CC(=O)N(O)CCCCCN1C(=O)CCC1=O. The maximum absolute atomic E-state index is 11.3. The van der Waals surface area contributed by atoms with Crippen LogP contribution in [0.2, 0.25) is 0 Å². The van der Waals surface area contributed by atoms with E-state index >= 15 is 0 Å². The van der Waals surface area contributed by atoms with Crippen molar-refractivity contribution in [3.05, 3.63) is 0 Å². The molecule has 0 atom stereocenters. The van der Waals surface area contributed by atoms with Crippen LogP contribution in [0.15, 0.2) is 0 Å². The number of amides is 3. The molecule has 96 valence electrons. The first-order valence-electron chi connectivity index (χ1n) is 5.82. The van der Waals surface area contributed by atoms with Gasteiger partial charge in [-0.25, -0.2) is 5.06 Å². The van der Waals surface area contributed by atoms with Crippen molar-refractivity contribution >= 4 is 17.7 Å². The number of hydroxylamine groups is 2. The molecule has 17 heavy (non-hydrogen) atoms. The third-order valence-corrected chi connectivity index (χ3v) is 2.77. The summed E-state index contributed by atoms with van der Waals surface area (Å²) in [7, 11) is 0. The number of unbranched alkanes of at least 4 members (excludes halogenated alkanes) is 2. The van der Waals surface area contributed by atoms with Crippen molar-refractivity contribution in [2.45, 2.75) is 39.0 Å². The van der Waals surface area contributed by atoms with E-state index in [-0.39, 0.29) is 24.3 Å². The standard InChI is InChI=1S/C11H18N2O4/c1-9(14)13(17)8-4-2-3-7-12-10(15)5-6-11(12)16/h17H,2-8H2,1H3. The normalized spacial score (nSPS) is 15.5. The molecule has 1 aliphatic rings. The van der Waals surface area contributed by atoms with Crippen LogP contribution in [0.1, 0.15) is 39.0 Å². The predicted octanol–water partition coefficient (Wildman–Crippen LogP) is 0.543. The van der Waals surface area contributed by atoms with Gasteiger partial charge >= 0.3 is 0 Å². The summed E-state index contributed by atoms with van der Waals surface area (Å²) in [6.45, 7) is 2.03. The van der Waals surface area contributed by atoms with Crippen LogP contribution in [-0.2, 0) is 14.4 Å². The van der Waals surface area contributed by atoms with Crippen LogP contribution in [0.5, 0.6) is 0 Å². The molecule has 0 radical (unpaired) electrons. The van der Waals surface area contributed by atoms with Crippen molar-refractivity contribution in [1.29, 1.82) is 0 Å². The highest BCUT2D eigenvalue weighted by atomic mass is 16.5. The van der Waals surface area contributed by atoms with Crippen LogP contribution in [0.3, 0.4) is 0 Å². The minimum Gasteiger partial charge on any atom is -0.286 e. The van der Waals surface area contributed by atoms with E-state index in [1.54, 1.807) is 0 Å². The van der Waals surface area contributed by atoms with Crippen LogP contribution in [0.4, 0.5) is 0 Å². The predicted molar refractivity (Wildman–Crippen MR) is 59.0 cm³/mol. The Hall–Kier alpha value is -1.43. The first-order valence-corrected chi connectivity index (χ1v) is 5.82. The van der Waals surface area contributed by atoms with Gasteiger partial charge < -0.3 is 0 Å². The van der Waals surface area contributed by atoms with Gasteiger partial charge in [-0.3, -0.25) is 24.5 Å². The van der Waals surface area contributed by atoms with Crippen LogP contribution in [0.25, 0.3) is 0 Å². The second-order valence-corrected chi connectivity index (χ2v) is 4.14. The fourth-order valence-electron chi connectivity index (χ4n) is 1.74. The first kappa shape index (κ1) is 13.6. The van der Waals surface area contributed by atoms with Crippen molar-refractivity contribution in [3.8, 4) is 0 Å². The third kappa shape index (κ3) is 4.14. The van der Waals surface area contributed by atoms with E-state index in [2.05, 4.69) is 0 Å². The van der Waals surface area contributed by atoms with Gasteiger partial charge in [-0.05, 0) is 19.3 Å². The molecule has 3 amide bonds. The number of nitrogens with zero attached hydrogens (tertiary/aromatic N) is 2. The average Bonchev–Trinajstić information content (AvgIpc) is 2.59. The number of hydrogen-bond acceptors (Lipinski definition) is 4. The molecule has 0 aromatic rings.